The molecule has 10 nitrogen and oxygen atoms in total. The zero-order valence-corrected chi connectivity index (χ0v) is 39.5. The van der Waals surface area contributed by atoms with Gasteiger partial charge in [-0.15, -0.1) is 5.60 Å². The number of nitrogen functional groups attached to an aromatic ring is 1. The van der Waals surface area contributed by atoms with Crippen LogP contribution in [0.4, 0.5) is 11.4 Å². The van der Waals surface area contributed by atoms with Gasteiger partial charge in [0.25, 0.3) is 0 Å². The Morgan fingerprint density at radius 2 is 1.27 bits per heavy atom. The van der Waals surface area contributed by atoms with E-state index in [2.05, 4.69) is 18.5 Å². The largest absolute Gasteiger partial charge is 1.00 e. The van der Waals surface area contributed by atoms with Crippen LogP contribution in [-0.2, 0) is 20.9 Å². The molecule has 0 radical (unpaired) electrons. The fourth-order valence-corrected chi connectivity index (χ4v) is 4.24. The number of hydrogen-bond donors (Lipinski definition) is 3. The number of esters is 1. The maximum absolute atomic E-state index is 12.0. The molecule has 1 amide bonds. The van der Waals surface area contributed by atoms with Crippen LogP contribution in [0.15, 0.2) is 122 Å². The van der Waals surface area contributed by atoms with Gasteiger partial charge in [-0.2, -0.15) is 0 Å². The monoisotopic (exact) mass is 832 g/mol. The first-order valence-electron chi connectivity index (χ1n) is 18.8. The van der Waals surface area contributed by atoms with E-state index in [9.17, 15) is 19.8 Å². The van der Waals surface area contributed by atoms with Gasteiger partial charge in [0.05, 0.1) is 20.3 Å². The van der Waals surface area contributed by atoms with Crippen LogP contribution in [0.5, 0.6) is 17.2 Å². The summed E-state index contributed by atoms with van der Waals surface area (Å²) < 4.78 is 21.5. The van der Waals surface area contributed by atoms with Gasteiger partial charge >= 0.3 is 57.4 Å². The Hall–Kier alpha value is -4.46. The van der Waals surface area contributed by atoms with E-state index in [0.29, 0.717) is 29.4 Å². The fourth-order valence-electron chi connectivity index (χ4n) is 4.24. The van der Waals surface area contributed by atoms with Gasteiger partial charge in [0.15, 0.2) is 11.5 Å². The summed E-state index contributed by atoms with van der Waals surface area (Å²) in [6.45, 7) is 22.0. The molecule has 0 aliphatic carbocycles. The van der Waals surface area contributed by atoms with Crippen LogP contribution < -0.4 is 81.8 Å². The van der Waals surface area contributed by atoms with Gasteiger partial charge in [0.1, 0.15) is 18.0 Å². The Labute approximate surface area is 394 Å². The third-order valence-electron chi connectivity index (χ3n) is 7.25. The quantitative estimate of drug-likeness (QED) is 0.0454. The summed E-state index contributed by atoms with van der Waals surface area (Å²) in [5.74, 6) is 1.27. The molecule has 0 fully saturated rings. The fraction of sp³-hybridized carbons (Fsp3) is 0.292. The maximum atomic E-state index is 12.0. The number of methoxy groups -OCH3 is 1. The van der Waals surface area contributed by atoms with Crippen molar-refractivity contribution in [1.82, 2.24) is 0 Å². The Bertz CT molecular complexity index is 1890. The van der Waals surface area contributed by atoms with Crippen LogP contribution in [0, 0.1) is 13.8 Å². The van der Waals surface area contributed by atoms with Crippen LogP contribution in [0.25, 0.3) is 12.2 Å². The predicted molar refractivity (Wildman–Crippen MR) is 236 cm³/mol. The van der Waals surface area contributed by atoms with Crippen molar-refractivity contribution in [3.63, 3.8) is 0 Å². The summed E-state index contributed by atoms with van der Waals surface area (Å²) in [6, 6.07) is 26.3. The number of ether oxygens (including phenoxy) is 4. The van der Waals surface area contributed by atoms with Crippen LogP contribution in [0.1, 0.15) is 69.4 Å². The van der Waals surface area contributed by atoms with E-state index in [-0.39, 0.29) is 76.1 Å². The molecule has 0 heterocycles. The van der Waals surface area contributed by atoms with Gasteiger partial charge in [-0.1, -0.05) is 93.6 Å². The van der Waals surface area contributed by atoms with Crippen LogP contribution >= 0.6 is 0 Å². The van der Waals surface area contributed by atoms with Crippen molar-refractivity contribution in [2.24, 2.45) is 0 Å². The number of aryl methyl sites for hydroxylation is 2. The average Bonchev–Trinajstić information content (AvgIpc) is 3.18. The van der Waals surface area contributed by atoms with E-state index in [1.54, 1.807) is 77.3 Å². The summed E-state index contributed by atoms with van der Waals surface area (Å²) in [5.41, 5.74) is 11.0. The Morgan fingerprint density at radius 3 is 1.75 bits per heavy atom. The minimum Gasteiger partial charge on any atom is -0.850 e. The number of carbonyl (C=O) groups is 2. The number of hydrogen-bond acceptors (Lipinski definition) is 9. The van der Waals surface area contributed by atoms with Gasteiger partial charge in [-0.3, -0.25) is 4.79 Å². The minimum atomic E-state index is -0.750. The molecule has 0 aliphatic heterocycles. The second kappa shape index (κ2) is 29.7. The third-order valence-corrected chi connectivity index (χ3v) is 7.25. The van der Waals surface area contributed by atoms with Gasteiger partial charge in [-0.05, 0) is 106 Å². The second-order valence-electron chi connectivity index (χ2n) is 13.8. The summed E-state index contributed by atoms with van der Waals surface area (Å²) in [6.07, 6.45) is 9.34. The molecule has 312 valence electrons. The molecule has 4 rings (SSSR count). The van der Waals surface area contributed by atoms with E-state index in [0.717, 1.165) is 28.1 Å². The van der Waals surface area contributed by atoms with Crippen LogP contribution in [0.3, 0.4) is 0 Å². The summed E-state index contributed by atoms with van der Waals surface area (Å²) in [4.78, 5) is 23.2. The number of anilines is 2. The average molecular weight is 833 g/mol. The summed E-state index contributed by atoms with van der Waals surface area (Å²) >= 11 is 0. The maximum Gasteiger partial charge on any atom is 1.00 e. The SMILES string of the molecule is C=CC(C)Oc1ccc(/C=C/C(=O)Nc2ccc(C)cc2)cc1OC.C=CC(C)Oc1ccc(/C=C/C(=O)OCC)cc1CO.CC(C)(C)[O-].Cc1ccc(N)cc1.[K+]. The van der Waals surface area contributed by atoms with Gasteiger partial charge in [-0.25, -0.2) is 4.79 Å². The molecular formula is C48H61KN2O8. The van der Waals surface area contributed by atoms with Crippen molar-refractivity contribution in [2.75, 3.05) is 24.8 Å². The van der Waals surface area contributed by atoms with E-state index < -0.39 is 11.6 Å². The second-order valence-corrected chi connectivity index (χ2v) is 13.8. The number of carbonyl (C=O) groups excluding carboxylic acids is 2. The van der Waals surface area contributed by atoms with Crippen molar-refractivity contribution < 1.29 is 90.1 Å². The zero-order chi connectivity index (χ0) is 43.7. The van der Waals surface area contributed by atoms with Crippen molar-refractivity contribution in [3.05, 3.63) is 150 Å². The standard InChI is InChI=1S/C21H23NO3.C16H20O4.C7H9N.C4H9O.K/c1-5-16(3)25-19-12-8-17(14-20(19)24-4)9-13-21(23)22-18-10-6-15(2)7-11-18;1-4-12(3)20-15-8-6-13(10-14(15)11-17)7-9-16(18)19-5-2;1-6-2-4-7(8)5-3-6;1-4(2,3)5;/h5-14,16H,1H2,2-4H3,(H,22,23);4,6-10,12,17H,1,5,11H2,2-3H3;2-5H,8H2,1H3;1-3H3;/q;;;-1;+1/b13-9+;9-7+;;;. The van der Waals surface area contributed by atoms with Crippen molar-refractivity contribution in [1.29, 1.82) is 0 Å². The molecule has 4 aromatic carbocycles. The molecule has 11 heteroatoms. The summed E-state index contributed by atoms with van der Waals surface area (Å²) in [7, 11) is 1.58. The number of benzene rings is 4. The number of nitrogens with two attached hydrogens (primary N) is 1. The van der Waals surface area contributed by atoms with Crippen LogP contribution in [-0.4, -0.2) is 48.5 Å². The number of nitrogens with one attached hydrogen (secondary N) is 1. The topological polar surface area (TPSA) is 152 Å². The molecule has 0 bridgehead atoms. The van der Waals surface area contributed by atoms with E-state index in [4.69, 9.17) is 24.7 Å². The first kappa shape index (κ1) is 54.5. The molecule has 2 unspecified atom stereocenters. The molecule has 0 saturated heterocycles. The Balaban J connectivity index is 0.000000875. The smallest absolute Gasteiger partial charge is 0.850 e. The molecule has 0 aromatic heterocycles. The van der Waals surface area contributed by atoms with Crippen molar-refractivity contribution in [3.8, 4) is 17.2 Å². The molecule has 4 aromatic rings. The summed E-state index contributed by atoms with van der Waals surface area (Å²) in [5, 5.41) is 22.3. The zero-order valence-electron chi connectivity index (χ0n) is 36.4. The molecule has 59 heavy (non-hydrogen) atoms. The number of amides is 1. The predicted octanol–water partition coefficient (Wildman–Crippen LogP) is 6.04. The molecule has 4 N–H and O–H groups in total. The van der Waals surface area contributed by atoms with E-state index >= 15 is 0 Å². The molecule has 0 spiro atoms. The number of aliphatic hydroxyl groups excluding tert-OH is 1. The van der Waals surface area contributed by atoms with Gasteiger partial charge in [0, 0.05) is 29.1 Å². The normalized spacial score (nSPS) is 11.4. The molecule has 0 saturated carbocycles. The first-order chi connectivity index (χ1) is 27.4. The third kappa shape index (κ3) is 25.6. The van der Waals surface area contributed by atoms with E-state index in [1.807, 2.05) is 94.4 Å². The van der Waals surface area contributed by atoms with Gasteiger partial charge in [0.2, 0.25) is 5.91 Å². The van der Waals surface area contributed by atoms with Crippen molar-refractivity contribution >= 4 is 35.4 Å². The Kier molecular flexibility index (Phi) is 27.5. The van der Waals surface area contributed by atoms with Gasteiger partial charge < -0.3 is 40.2 Å². The molecule has 0 aliphatic rings. The first-order valence-corrected chi connectivity index (χ1v) is 18.8. The van der Waals surface area contributed by atoms with E-state index in [1.165, 1.54) is 17.7 Å². The van der Waals surface area contributed by atoms with Crippen molar-refractivity contribution in [2.45, 2.75) is 79.8 Å². The van der Waals surface area contributed by atoms with Crippen LogP contribution in [0.2, 0.25) is 0 Å². The number of rotatable bonds is 14. The molecular weight excluding hydrogens is 772 g/mol. The Morgan fingerprint density at radius 1 is 0.797 bits per heavy atom. The molecule has 2 atom stereocenters. The minimum absolute atomic E-state index is 0. The number of aliphatic hydroxyl groups is 1.